The van der Waals surface area contributed by atoms with E-state index in [1.54, 1.807) is 6.07 Å². The van der Waals surface area contributed by atoms with E-state index in [0.29, 0.717) is 28.1 Å². The van der Waals surface area contributed by atoms with Crippen LogP contribution < -0.4 is 10.1 Å². The molecule has 1 aliphatic rings. The highest BCUT2D eigenvalue weighted by Gasteiger charge is 2.26. The molecule has 1 saturated heterocycles. The fraction of sp³-hybridized carbons (Fsp3) is 0.591. The highest BCUT2D eigenvalue weighted by atomic mass is 35.5. The number of likely N-dealkylation sites (tertiary alicyclic amines) is 1. The fourth-order valence-electron chi connectivity index (χ4n) is 3.49. The van der Waals surface area contributed by atoms with E-state index in [4.69, 9.17) is 28.6 Å². The minimum Gasteiger partial charge on any atom is -0.484 e. The lowest BCUT2D eigenvalue weighted by molar-refractivity contribution is -0.127. The van der Waals surface area contributed by atoms with Crippen LogP contribution in [0.2, 0.25) is 5.02 Å². The van der Waals surface area contributed by atoms with Crippen LogP contribution in [-0.4, -0.2) is 44.3 Å². The number of para-hydroxylation sites is 1. The average molecular weight is 466 g/mol. The molecule has 1 N–H and O–H groups in total. The smallest absolute Gasteiger partial charge is 0.223 e. The first-order chi connectivity index (χ1) is 14.8. The summed E-state index contributed by atoms with van der Waals surface area (Å²) < 4.78 is 10.1. The number of aromatic nitrogens is 3. The van der Waals surface area contributed by atoms with Gasteiger partial charge in [0.1, 0.15) is 12.4 Å². The average Bonchev–Trinajstić information content (AvgIpc) is 3.01. The molecule has 7 nitrogen and oxygen atoms in total. The van der Waals surface area contributed by atoms with Crippen molar-refractivity contribution >= 4 is 29.7 Å². The summed E-state index contributed by atoms with van der Waals surface area (Å²) in [5, 5.41) is 8.36. The molecule has 2 aromatic rings. The lowest BCUT2D eigenvalue weighted by Crippen LogP contribution is -2.44. The second-order valence-electron chi connectivity index (χ2n) is 8.55. The van der Waals surface area contributed by atoms with Crippen molar-refractivity contribution in [3.05, 3.63) is 39.9 Å². The minimum atomic E-state index is 0.0775. The van der Waals surface area contributed by atoms with Crippen molar-refractivity contribution in [2.75, 3.05) is 13.1 Å². The van der Waals surface area contributed by atoms with Gasteiger partial charge >= 0.3 is 0 Å². The Hall–Kier alpha value is -1.90. The molecule has 1 aliphatic heterocycles. The molecule has 0 aliphatic carbocycles. The molecule has 1 fully saturated rings. The monoisotopic (exact) mass is 465 g/mol. The summed E-state index contributed by atoms with van der Waals surface area (Å²) in [6, 6.07) is 7.57. The van der Waals surface area contributed by atoms with Gasteiger partial charge in [-0.05, 0) is 50.0 Å². The van der Waals surface area contributed by atoms with Crippen LogP contribution in [0, 0.1) is 16.6 Å². The van der Waals surface area contributed by atoms with E-state index in [-0.39, 0.29) is 24.5 Å². The number of carbonyl (C=O) groups is 1. The van der Waals surface area contributed by atoms with Gasteiger partial charge < -0.3 is 14.6 Å². The third-order valence-corrected chi connectivity index (χ3v) is 6.78. The number of nitrogens with one attached hydrogen (secondary N) is 1. The van der Waals surface area contributed by atoms with Crippen molar-refractivity contribution in [3.63, 3.8) is 0 Å². The van der Waals surface area contributed by atoms with E-state index < -0.39 is 0 Å². The molecular weight excluding hydrogens is 434 g/mol. The fourth-order valence-corrected chi connectivity index (χ4v) is 3.88. The van der Waals surface area contributed by atoms with Crippen LogP contribution in [-0.2, 0) is 25.1 Å². The second kappa shape index (κ2) is 10.6. The third-order valence-electron chi connectivity index (χ3n) is 5.99. The van der Waals surface area contributed by atoms with Gasteiger partial charge in [-0.25, -0.2) is 4.68 Å². The van der Waals surface area contributed by atoms with Crippen LogP contribution in [0.3, 0.4) is 0 Å². The minimum absolute atomic E-state index is 0.0775. The molecule has 1 amide bonds. The zero-order valence-electron chi connectivity index (χ0n) is 18.7. The van der Waals surface area contributed by atoms with Crippen LogP contribution in [0.5, 0.6) is 5.75 Å². The molecule has 9 heteroatoms. The maximum absolute atomic E-state index is 12.5. The van der Waals surface area contributed by atoms with Gasteiger partial charge in [0.05, 0.1) is 11.7 Å². The summed E-state index contributed by atoms with van der Waals surface area (Å²) in [5.41, 5.74) is 0. The Morgan fingerprint density at radius 3 is 2.61 bits per heavy atom. The number of piperidine rings is 1. The molecule has 1 unspecified atom stereocenters. The third kappa shape index (κ3) is 6.08. The van der Waals surface area contributed by atoms with E-state index in [1.165, 1.54) is 0 Å². The summed E-state index contributed by atoms with van der Waals surface area (Å²) in [4.78, 5) is 14.8. The van der Waals surface area contributed by atoms with Crippen LogP contribution in [0.15, 0.2) is 24.3 Å². The first kappa shape index (κ1) is 23.8. The summed E-state index contributed by atoms with van der Waals surface area (Å²) in [5.74, 6) is 2.05. The summed E-state index contributed by atoms with van der Waals surface area (Å²) in [6.07, 6.45) is 1.69. The highest BCUT2D eigenvalue weighted by molar-refractivity contribution is 7.71. The molecule has 1 atom stereocenters. The van der Waals surface area contributed by atoms with E-state index in [0.717, 1.165) is 31.8 Å². The molecule has 1 aromatic carbocycles. The molecule has 0 saturated carbocycles. The van der Waals surface area contributed by atoms with Crippen molar-refractivity contribution in [1.29, 1.82) is 0 Å². The molecule has 0 spiro atoms. The number of halogens is 1. The number of ether oxygens (including phenoxy) is 1. The molecule has 170 valence electrons. The number of nitrogens with zero attached hydrogens (tertiary/aromatic N) is 4. The second-order valence-corrected chi connectivity index (χ2v) is 9.32. The Labute approximate surface area is 194 Å². The first-order valence-electron chi connectivity index (χ1n) is 10.8. The van der Waals surface area contributed by atoms with Crippen molar-refractivity contribution in [2.45, 2.75) is 52.9 Å². The number of hydrogen-bond donors (Lipinski definition) is 1. The highest BCUT2D eigenvalue weighted by Crippen LogP contribution is 2.24. The van der Waals surface area contributed by atoms with Gasteiger partial charge in [-0.2, -0.15) is 5.10 Å². The molecular formula is C22H32ClN5O2S. The van der Waals surface area contributed by atoms with Gasteiger partial charge in [0.25, 0.3) is 0 Å². The number of hydrogen-bond acceptors (Lipinski definition) is 5. The Morgan fingerprint density at radius 1 is 1.29 bits per heavy atom. The van der Waals surface area contributed by atoms with Crippen LogP contribution in [0.4, 0.5) is 0 Å². The van der Waals surface area contributed by atoms with Crippen molar-refractivity contribution in [3.8, 4) is 5.75 Å². The normalized spacial score (nSPS) is 16.5. The zero-order chi connectivity index (χ0) is 22.5. The predicted molar refractivity (Wildman–Crippen MR) is 125 cm³/mol. The lowest BCUT2D eigenvalue weighted by Gasteiger charge is -2.31. The topological polar surface area (TPSA) is 64.3 Å². The quantitative estimate of drug-likeness (QED) is 0.596. The van der Waals surface area contributed by atoms with Gasteiger partial charge in [0, 0.05) is 32.1 Å². The molecule has 31 heavy (non-hydrogen) atoms. The van der Waals surface area contributed by atoms with Gasteiger partial charge in [0.15, 0.2) is 10.6 Å². The Morgan fingerprint density at radius 2 is 1.97 bits per heavy atom. The van der Waals surface area contributed by atoms with Crippen LogP contribution >= 0.6 is 23.8 Å². The van der Waals surface area contributed by atoms with E-state index in [1.807, 2.05) is 34.5 Å². The summed E-state index contributed by atoms with van der Waals surface area (Å²) in [7, 11) is 1.89. The van der Waals surface area contributed by atoms with E-state index in [2.05, 4.69) is 36.1 Å². The van der Waals surface area contributed by atoms with Crippen molar-refractivity contribution in [1.82, 2.24) is 24.6 Å². The Kier molecular flexibility index (Phi) is 8.13. The molecule has 3 rings (SSSR count). The van der Waals surface area contributed by atoms with Crippen molar-refractivity contribution in [2.24, 2.45) is 18.9 Å². The van der Waals surface area contributed by atoms with Gasteiger partial charge in [-0.15, -0.1) is 0 Å². The number of carbonyl (C=O) groups excluding carboxylic acids is 1. The maximum atomic E-state index is 12.5. The number of benzene rings is 1. The van der Waals surface area contributed by atoms with Gasteiger partial charge in [0.2, 0.25) is 5.91 Å². The molecule has 1 aromatic heterocycles. The SMILES string of the molecule is CC(C)C(C)NC(=O)C1CCN(Cn2nc(COc3ccccc3Cl)n(C)c2=S)CC1. The van der Waals surface area contributed by atoms with Crippen LogP contribution in [0.25, 0.3) is 0 Å². The number of rotatable bonds is 8. The zero-order valence-corrected chi connectivity index (χ0v) is 20.2. The maximum Gasteiger partial charge on any atom is 0.223 e. The Bertz CT molecular complexity index is 950. The lowest BCUT2D eigenvalue weighted by atomic mass is 9.95. The van der Waals surface area contributed by atoms with E-state index in [9.17, 15) is 4.79 Å². The standard InChI is InChI=1S/C22H32ClN5O2S/c1-15(2)16(3)24-21(29)17-9-11-27(12-10-17)14-28-22(31)26(4)20(25-28)13-30-19-8-6-5-7-18(19)23/h5-8,15-17H,9-14H2,1-4H3,(H,24,29). The molecule has 0 bridgehead atoms. The van der Waals surface area contributed by atoms with Gasteiger partial charge in [-0.1, -0.05) is 37.6 Å². The molecule has 2 heterocycles. The predicted octanol–water partition coefficient (Wildman–Crippen LogP) is 4.01. The summed E-state index contributed by atoms with van der Waals surface area (Å²) in [6.45, 7) is 8.89. The van der Waals surface area contributed by atoms with E-state index >= 15 is 0 Å². The van der Waals surface area contributed by atoms with Crippen molar-refractivity contribution < 1.29 is 9.53 Å². The summed E-state index contributed by atoms with van der Waals surface area (Å²) >= 11 is 11.7. The first-order valence-corrected chi connectivity index (χ1v) is 11.6. The largest absolute Gasteiger partial charge is 0.484 e. The Balaban J connectivity index is 1.54. The van der Waals surface area contributed by atoms with Crippen LogP contribution in [0.1, 0.15) is 39.4 Å². The molecule has 0 radical (unpaired) electrons. The number of amides is 1. The van der Waals surface area contributed by atoms with Gasteiger partial charge in [-0.3, -0.25) is 9.69 Å².